The Morgan fingerprint density at radius 1 is 1.00 bits per heavy atom. The van der Waals surface area contributed by atoms with E-state index in [0.717, 1.165) is 5.56 Å². The van der Waals surface area contributed by atoms with Gasteiger partial charge in [-0.05, 0) is 42.2 Å². The zero-order valence-corrected chi connectivity index (χ0v) is 18.7. The van der Waals surface area contributed by atoms with Crippen molar-refractivity contribution >= 4 is 17.6 Å². The molecule has 0 aliphatic rings. The van der Waals surface area contributed by atoms with Crippen molar-refractivity contribution in [2.45, 2.75) is 33.1 Å². The molecule has 8 nitrogen and oxygen atoms in total. The Morgan fingerprint density at radius 3 is 2.09 bits per heavy atom. The summed E-state index contributed by atoms with van der Waals surface area (Å²) in [7, 11) is 1.73. The number of nitrogens with zero attached hydrogens (tertiary/aromatic N) is 3. The summed E-state index contributed by atoms with van der Waals surface area (Å²) < 4.78 is 1.57. The highest BCUT2D eigenvalue weighted by atomic mass is 16.4. The minimum Gasteiger partial charge on any atom is -0.504 e. The van der Waals surface area contributed by atoms with Crippen LogP contribution in [0.3, 0.4) is 0 Å². The van der Waals surface area contributed by atoms with Gasteiger partial charge < -0.3 is 10.2 Å². The fourth-order valence-electron chi connectivity index (χ4n) is 3.22. The first-order valence-corrected chi connectivity index (χ1v) is 10.0. The first kappa shape index (κ1) is 22.7. The molecule has 0 saturated carbocycles. The number of aromatic hydroxyl groups is 1. The number of aromatic nitrogens is 2. The van der Waals surface area contributed by atoms with Crippen molar-refractivity contribution in [2.75, 3.05) is 0 Å². The number of carbonyl (C=O) groups is 2. The number of hydrazone groups is 1. The average molecular weight is 434 g/mol. The van der Waals surface area contributed by atoms with Gasteiger partial charge in [0.15, 0.2) is 11.4 Å². The molecule has 0 aliphatic carbocycles. The van der Waals surface area contributed by atoms with Gasteiger partial charge in [0.2, 0.25) is 0 Å². The summed E-state index contributed by atoms with van der Waals surface area (Å²) in [6.07, 6.45) is 0. The number of carbonyl (C=O) groups excluding carboxylic acids is 1. The lowest BCUT2D eigenvalue weighted by Crippen LogP contribution is -2.19. The molecular formula is C24H26N4O4. The molecule has 0 unspecified atom stereocenters. The summed E-state index contributed by atoms with van der Waals surface area (Å²) in [6.45, 7) is 8.03. The van der Waals surface area contributed by atoms with Gasteiger partial charge in [-0.15, -0.1) is 0 Å². The van der Waals surface area contributed by atoms with E-state index >= 15 is 0 Å². The molecular weight excluding hydrogens is 408 g/mol. The SMILES string of the molecule is CC(=NNC(=O)c1ccc(C(=O)O)cc1)c1nn(C)c(-c2ccc(C(C)(C)C)cc2)c1O. The lowest BCUT2D eigenvalue weighted by atomic mass is 9.86. The topological polar surface area (TPSA) is 117 Å². The number of aromatic carboxylic acids is 1. The third-order valence-corrected chi connectivity index (χ3v) is 5.11. The summed E-state index contributed by atoms with van der Waals surface area (Å²) in [6, 6.07) is 13.4. The van der Waals surface area contributed by atoms with Crippen LogP contribution in [0.2, 0.25) is 0 Å². The zero-order chi connectivity index (χ0) is 23.6. The van der Waals surface area contributed by atoms with Crippen molar-refractivity contribution in [2.24, 2.45) is 12.1 Å². The van der Waals surface area contributed by atoms with Crippen LogP contribution in [0.25, 0.3) is 11.3 Å². The number of amides is 1. The largest absolute Gasteiger partial charge is 0.504 e. The highest BCUT2D eigenvalue weighted by Gasteiger charge is 2.20. The van der Waals surface area contributed by atoms with Crippen molar-refractivity contribution in [3.05, 3.63) is 70.9 Å². The highest BCUT2D eigenvalue weighted by molar-refractivity contribution is 6.02. The molecule has 166 valence electrons. The fraction of sp³-hybridized carbons (Fsp3) is 0.250. The molecule has 2 aromatic carbocycles. The van der Waals surface area contributed by atoms with E-state index in [-0.39, 0.29) is 28.0 Å². The van der Waals surface area contributed by atoms with E-state index in [1.54, 1.807) is 18.7 Å². The molecule has 0 saturated heterocycles. The number of benzene rings is 2. The Balaban J connectivity index is 1.81. The fourth-order valence-corrected chi connectivity index (χ4v) is 3.22. The average Bonchev–Trinajstić information content (AvgIpc) is 3.05. The Morgan fingerprint density at radius 2 is 1.56 bits per heavy atom. The molecule has 1 amide bonds. The quantitative estimate of drug-likeness (QED) is 0.415. The highest BCUT2D eigenvalue weighted by Crippen LogP contribution is 2.33. The molecule has 32 heavy (non-hydrogen) atoms. The maximum atomic E-state index is 12.3. The zero-order valence-electron chi connectivity index (χ0n) is 18.7. The molecule has 3 N–H and O–H groups in total. The number of rotatable bonds is 5. The van der Waals surface area contributed by atoms with Crippen LogP contribution in [0, 0.1) is 0 Å². The molecule has 0 spiro atoms. The van der Waals surface area contributed by atoms with Crippen molar-refractivity contribution in [1.29, 1.82) is 0 Å². The first-order chi connectivity index (χ1) is 15.0. The van der Waals surface area contributed by atoms with Gasteiger partial charge in [-0.25, -0.2) is 10.2 Å². The second kappa shape index (κ2) is 8.66. The third kappa shape index (κ3) is 4.69. The van der Waals surface area contributed by atoms with E-state index in [0.29, 0.717) is 11.4 Å². The van der Waals surface area contributed by atoms with E-state index < -0.39 is 11.9 Å². The number of hydrogen-bond donors (Lipinski definition) is 3. The molecule has 0 fully saturated rings. The van der Waals surface area contributed by atoms with Gasteiger partial charge in [-0.1, -0.05) is 45.0 Å². The predicted molar refractivity (Wildman–Crippen MR) is 122 cm³/mol. The smallest absolute Gasteiger partial charge is 0.335 e. The third-order valence-electron chi connectivity index (χ3n) is 5.11. The molecule has 3 aromatic rings. The van der Waals surface area contributed by atoms with Crippen LogP contribution in [0.4, 0.5) is 0 Å². The normalized spacial score (nSPS) is 12.0. The van der Waals surface area contributed by atoms with E-state index in [1.807, 2.05) is 24.3 Å². The summed E-state index contributed by atoms with van der Waals surface area (Å²) in [5, 5.41) is 28.1. The van der Waals surface area contributed by atoms with Crippen molar-refractivity contribution < 1.29 is 19.8 Å². The van der Waals surface area contributed by atoms with Gasteiger partial charge in [0.05, 0.1) is 11.3 Å². The molecule has 0 atom stereocenters. The van der Waals surface area contributed by atoms with Gasteiger partial charge in [0, 0.05) is 18.2 Å². The summed E-state index contributed by atoms with van der Waals surface area (Å²) >= 11 is 0. The Kier molecular flexibility index (Phi) is 6.16. The van der Waals surface area contributed by atoms with Crippen LogP contribution in [-0.4, -0.2) is 37.6 Å². The second-order valence-corrected chi connectivity index (χ2v) is 8.52. The summed E-state index contributed by atoms with van der Waals surface area (Å²) in [4.78, 5) is 23.2. The number of carboxylic acid groups (broad SMARTS) is 1. The van der Waals surface area contributed by atoms with Crippen molar-refractivity contribution in [1.82, 2.24) is 15.2 Å². The molecule has 8 heteroatoms. The van der Waals surface area contributed by atoms with Crippen LogP contribution in [-0.2, 0) is 12.5 Å². The van der Waals surface area contributed by atoms with Crippen molar-refractivity contribution in [3.63, 3.8) is 0 Å². The lowest BCUT2D eigenvalue weighted by Gasteiger charge is -2.19. The van der Waals surface area contributed by atoms with E-state index in [2.05, 4.69) is 36.4 Å². The maximum Gasteiger partial charge on any atom is 0.335 e. The minimum atomic E-state index is -1.07. The van der Waals surface area contributed by atoms with Gasteiger partial charge in [-0.2, -0.15) is 10.2 Å². The monoisotopic (exact) mass is 434 g/mol. The number of aryl methyl sites for hydroxylation is 1. The maximum absolute atomic E-state index is 12.3. The Hall–Kier alpha value is -3.94. The van der Waals surface area contributed by atoms with E-state index in [9.17, 15) is 14.7 Å². The van der Waals surface area contributed by atoms with Crippen LogP contribution in [0.1, 0.15) is 59.7 Å². The van der Waals surface area contributed by atoms with Crippen LogP contribution in [0.5, 0.6) is 5.75 Å². The van der Waals surface area contributed by atoms with Gasteiger partial charge in [0.1, 0.15) is 5.69 Å². The molecule has 0 radical (unpaired) electrons. The van der Waals surface area contributed by atoms with Crippen molar-refractivity contribution in [3.8, 4) is 17.0 Å². The van der Waals surface area contributed by atoms with Crippen LogP contribution >= 0.6 is 0 Å². The minimum absolute atomic E-state index is 0.0214. The second-order valence-electron chi connectivity index (χ2n) is 8.52. The molecule has 0 aliphatic heterocycles. The van der Waals surface area contributed by atoms with E-state index in [1.165, 1.54) is 29.8 Å². The first-order valence-electron chi connectivity index (χ1n) is 10.0. The number of nitrogens with one attached hydrogen (secondary N) is 1. The van der Waals surface area contributed by atoms with Gasteiger partial charge >= 0.3 is 5.97 Å². The molecule has 1 heterocycles. The van der Waals surface area contributed by atoms with E-state index in [4.69, 9.17) is 5.11 Å². The summed E-state index contributed by atoms with van der Waals surface area (Å²) in [5.41, 5.74) is 5.89. The molecule has 3 rings (SSSR count). The number of hydrogen-bond acceptors (Lipinski definition) is 5. The Labute approximate surface area is 186 Å². The lowest BCUT2D eigenvalue weighted by molar-refractivity contribution is 0.0696. The van der Waals surface area contributed by atoms with Gasteiger partial charge in [-0.3, -0.25) is 9.48 Å². The molecule has 0 bridgehead atoms. The predicted octanol–water partition coefficient (Wildman–Crippen LogP) is 3.94. The van der Waals surface area contributed by atoms with Gasteiger partial charge in [0.25, 0.3) is 5.91 Å². The number of carboxylic acids is 1. The summed E-state index contributed by atoms with van der Waals surface area (Å²) in [5.74, 6) is -1.60. The van der Waals surface area contributed by atoms with Crippen LogP contribution < -0.4 is 5.43 Å². The molecule has 1 aromatic heterocycles. The van der Waals surface area contributed by atoms with Crippen LogP contribution in [0.15, 0.2) is 53.6 Å². The Bertz CT molecular complexity index is 1180. The standard InChI is InChI=1S/C24H26N4O4/c1-14(25-26-22(30)16-6-8-17(9-7-16)23(31)32)19-21(29)20(28(5)27-19)15-10-12-18(13-11-15)24(2,3)4/h6-13,29H,1-5H3,(H,26,30)(H,31,32).